The average Bonchev–Trinajstić information content (AvgIpc) is 0.811. The summed E-state index contributed by atoms with van der Waals surface area (Å²) < 4.78 is 0. The van der Waals surface area contributed by atoms with Crippen molar-refractivity contribution in [2.24, 2.45) is 0 Å². The third kappa shape index (κ3) is 301. The van der Waals surface area contributed by atoms with E-state index in [0.717, 1.165) is 0 Å². The Morgan fingerprint density at radius 1 is 1.25 bits per heavy atom. The first-order chi connectivity index (χ1) is 1.73. The van der Waals surface area contributed by atoms with Crippen molar-refractivity contribution in [2.75, 3.05) is 0 Å². The van der Waals surface area contributed by atoms with E-state index in [1.807, 2.05) is 0 Å². The van der Waals surface area contributed by atoms with Crippen LogP contribution in [0.3, 0.4) is 0 Å². The summed E-state index contributed by atoms with van der Waals surface area (Å²) in [6.07, 6.45) is -2.33. The number of carboxylic acid groups (broad SMARTS) is 2. The van der Waals surface area contributed by atoms with Gasteiger partial charge in [0.1, 0.15) is 0 Å². The summed E-state index contributed by atoms with van der Waals surface area (Å²) in [4.78, 5) is 8.33. The van der Waals surface area contributed by atoms with Crippen LogP contribution in [0, 0.1) is 0 Å². The van der Waals surface area contributed by atoms with Crippen LogP contribution < -0.4 is 10.2 Å². The fourth-order valence-electron chi connectivity index (χ4n) is 0. The summed E-state index contributed by atoms with van der Waals surface area (Å²) in [7, 11) is 0. The van der Waals surface area contributed by atoms with Crippen molar-refractivity contribution in [3.63, 3.8) is 0 Å². The summed E-state index contributed by atoms with van der Waals surface area (Å²) >= 11 is 0. The molecular weight excluding hydrogens is 227 g/mol. The first kappa shape index (κ1) is 36.6. The van der Waals surface area contributed by atoms with Crippen molar-refractivity contribution in [1.29, 1.82) is 0 Å². The van der Waals surface area contributed by atoms with Gasteiger partial charge in [-0.25, -0.2) is 0 Å². The van der Waals surface area contributed by atoms with E-state index in [9.17, 15) is 0 Å². The minimum absolute atomic E-state index is 0. The minimum Gasteiger partial charge on any atom is -0.870 e. The molecule has 0 unspecified atom stereocenters. The molecule has 0 aromatic rings. The SMILES string of the molecule is O=C([O-])[O-].[Al].[Co+2].[OH-].[Zn+2]. The predicted molar refractivity (Wildman–Crippen MR) is 13.1 cm³/mol. The van der Waals surface area contributed by atoms with Crippen LogP contribution in [0.1, 0.15) is 0 Å². The van der Waals surface area contributed by atoms with E-state index in [4.69, 9.17) is 15.0 Å². The average molecular weight is 228 g/mol. The van der Waals surface area contributed by atoms with Gasteiger partial charge < -0.3 is 20.5 Å². The van der Waals surface area contributed by atoms with E-state index in [1.165, 1.54) is 0 Å². The van der Waals surface area contributed by atoms with Gasteiger partial charge in [-0.1, -0.05) is 0 Å². The van der Waals surface area contributed by atoms with Crippen LogP contribution in [0.15, 0.2) is 0 Å². The fourth-order valence-corrected chi connectivity index (χ4v) is 0. The first-order valence-corrected chi connectivity index (χ1v) is 0.612. The quantitative estimate of drug-likeness (QED) is 0.413. The number of hydrogen-bond donors (Lipinski definition) is 0. The molecule has 42 valence electrons. The van der Waals surface area contributed by atoms with Gasteiger partial charge in [0, 0.05) is 17.4 Å². The fraction of sp³-hybridized carbons (Fsp3) is 0. The standard InChI is InChI=1S/CH2O3.Al.Co.H2O.Zn/c2-1(3)4;;;;/h(H2,2,3,4);;;1H2;/q;;+2;;+2/p-3. The minimum atomic E-state index is -2.33. The summed E-state index contributed by atoms with van der Waals surface area (Å²) in [5.74, 6) is 0. The van der Waals surface area contributed by atoms with Crippen molar-refractivity contribution in [3.8, 4) is 0 Å². The molecule has 8 heavy (non-hydrogen) atoms. The maximum atomic E-state index is 8.33. The molecule has 0 bridgehead atoms. The smallest absolute Gasteiger partial charge is 0.870 e. The molecule has 0 heterocycles. The second-order valence-electron chi connectivity index (χ2n) is 0.250. The van der Waals surface area contributed by atoms with Crippen LogP contribution in [0.25, 0.3) is 0 Å². The Morgan fingerprint density at radius 3 is 1.25 bits per heavy atom. The number of carbonyl (C=O) groups excluding carboxylic acids is 1. The van der Waals surface area contributed by atoms with E-state index < -0.39 is 6.16 Å². The summed E-state index contributed by atoms with van der Waals surface area (Å²) in [6, 6.07) is 0. The molecule has 7 heteroatoms. The predicted octanol–water partition coefficient (Wildman–Crippen LogP) is -3.01. The van der Waals surface area contributed by atoms with Crippen molar-refractivity contribution < 1.29 is 56.7 Å². The van der Waals surface area contributed by atoms with Crippen LogP contribution >= 0.6 is 0 Å². The third-order valence-corrected chi connectivity index (χ3v) is 0. The van der Waals surface area contributed by atoms with Crippen LogP contribution in [0.5, 0.6) is 0 Å². The Bertz CT molecular complexity index is 39.0. The zero-order chi connectivity index (χ0) is 3.58. The Kier molecular flexibility index (Phi) is 113. The summed E-state index contributed by atoms with van der Waals surface area (Å²) in [5, 5.41) is 16.7. The van der Waals surface area contributed by atoms with E-state index in [0.29, 0.717) is 0 Å². The number of hydrogen-bond acceptors (Lipinski definition) is 4. The molecule has 4 radical (unpaired) electrons. The molecule has 0 aliphatic rings. The van der Waals surface area contributed by atoms with Gasteiger partial charge in [-0.05, 0) is 6.16 Å². The Morgan fingerprint density at radius 2 is 1.25 bits per heavy atom. The van der Waals surface area contributed by atoms with Gasteiger partial charge in [0.25, 0.3) is 0 Å². The zero-order valence-electron chi connectivity index (χ0n) is 3.79. The van der Waals surface area contributed by atoms with E-state index in [1.54, 1.807) is 0 Å². The monoisotopic (exact) mass is 227 g/mol. The van der Waals surface area contributed by atoms with Gasteiger partial charge in [-0.15, -0.1) is 0 Å². The molecule has 0 aliphatic carbocycles. The van der Waals surface area contributed by atoms with E-state index in [2.05, 4.69) is 0 Å². The van der Waals surface area contributed by atoms with Gasteiger partial charge >= 0.3 is 36.3 Å². The molecule has 0 amide bonds. The topological polar surface area (TPSA) is 93.2 Å². The second kappa shape index (κ2) is 24.7. The van der Waals surface area contributed by atoms with Gasteiger partial charge in [0.15, 0.2) is 0 Å². The van der Waals surface area contributed by atoms with Crippen LogP contribution in [-0.2, 0) is 36.3 Å². The van der Waals surface area contributed by atoms with Gasteiger partial charge in [0.05, 0.1) is 0 Å². The van der Waals surface area contributed by atoms with Gasteiger partial charge in [-0.3, -0.25) is 0 Å². The maximum absolute atomic E-state index is 8.33. The molecule has 0 spiro atoms. The van der Waals surface area contributed by atoms with Crippen molar-refractivity contribution in [3.05, 3.63) is 0 Å². The molecule has 4 nitrogen and oxygen atoms in total. The zero-order valence-corrected chi connectivity index (χ0v) is 8.95. The van der Waals surface area contributed by atoms with Gasteiger partial charge in [-0.2, -0.15) is 0 Å². The number of carbonyl (C=O) groups is 1. The van der Waals surface area contributed by atoms with Crippen LogP contribution in [-0.4, -0.2) is 29.0 Å². The Labute approximate surface area is 80.0 Å². The molecule has 0 saturated heterocycles. The molecule has 0 atom stereocenters. The summed E-state index contributed by atoms with van der Waals surface area (Å²) in [6.45, 7) is 0. The Hall–Kier alpha value is 0.892. The summed E-state index contributed by atoms with van der Waals surface area (Å²) in [5.41, 5.74) is 0. The van der Waals surface area contributed by atoms with Crippen molar-refractivity contribution in [1.82, 2.24) is 0 Å². The molecule has 0 fully saturated rings. The second-order valence-corrected chi connectivity index (χ2v) is 0.250. The molecular formula is CHAlCoO4Zn+. The molecule has 0 rings (SSSR count). The van der Waals surface area contributed by atoms with E-state index in [-0.39, 0.29) is 59.1 Å². The molecule has 0 aromatic carbocycles. The first-order valence-electron chi connectivity index (χ1n) is 0.612. The molecule has 0 aliphatic heterocycles. The van der Waals surface area contributed by atoms with Gasteiger partial charge in [0.2, 0.25) is 0 Å². The van der Waals surface area contributed by atoms with E-state index >= 15 is 0 Å². The maximum Gasteiger partial charge on any atom is 2.00 e. The molecule has 0 saturated carbocycles. The Balaban J connectivity index is -0.00000000750. The third-order valence-electron chi connectivity index (χ3n) is 0. The normalized spacial score (nSPS) is 3.00. The van der Waals surface area contributed by atoms with Crippen molar-refractivity contribution in [2.45, 2.75) is 0 Å². The number of rotatable bonds is 0. The molecule has 1 N–H and O–H groups in total. The van der Waals surface area contributed by atoms with Crippen LogP contribution in [0.4, 0.5) is 4.79 Å². The largest absolute Gasteiger partial charge is 2.00 e. The molecule has 0 aromatic heterocycles. The van der Waals surface area contributed by atoms with Crippen LogP contribution in [0.2, 0.25) is 0 Å². The van der Waals surface area contributed by atoms with Crippen molar-refractivity contribution >= 4 is 23.5 Å².